The van der Waals surface area contributed by atoms with Crippen molar-refractivity contribution in [2.75, 3.05) is 20.8 Å². The third-order valence-corrected chi connectivity index (χ3v) is 4.89. The molecule has 0 saturated carbocycles. The standard InChI is InChI=1S/C25H24ClN3O5/c1-32-22-11-8-19(13-23(22)33-2)25(31)27-15-24(30)29-28-14-18-4-3-5-21(12-18)34-16-17-6-9-20(26)10-7-17/h3-14H,15-16H2,1-2H3,(H,27,31)(H,29,30)/b28-14+. The largest absolute Gasteiger partial charge is 0.493 e. The van der Waals surface area contributed by atoms with Gasteiger partial charge in [-0.2, -0.15) is 5.10 Å². The molecule has 3 aromatic carbocycles. The van der Waals surface area contributed by atoms with Crippen LogP contribution in [0.5, 0.6) is 17.2 Å². The first-order chi connectivity index (χ1) is 16.5. The van der Waals surface area contributed by atoms with Gasteiger partial charge in [0.1, 0.15) is 12.4 Å². The number of carbonyl (C=O) groups excluding carboxylic acids is 2. The highest BCUT2D eigenvalue weighted by atomic mass is 35.5. The SMILES string of the molecule is COc1ccc(C(=O)NCC(=O)N/N=C/c2cccc(OCc3ccc(Cl)cc3)c2)cc1OC. The van der Waals surface area contributed by atoms with Crippen molar-refractivity contribution in [2.45, 2.75) is 6.61 Å². The van der Waals surface area contributed by atoms with E-state index in [1.807, 2.05) is 42.5 Å². The number of carbonyl (C=O) groups is 2. The molecule has 0 bridgehead atoms. The molecule has 176 valence electrons. The molecule has 0 heterocycles. The van der Waals surface area contributed by atoms with Crippen LogP contribution in [-0.4, -0.2) is 38.8 Å². The van der Waals surface area contributed by atoms with E-state index in [0.29, 0.717) is 34.4 Å². The molecule has 0 aliphatic carbocycles. The van der Waals surface area contributed by atoms with Gasteiger partial charge >= 0.3 is 0 Å². The van der Waals surface area contributed by atoms with Crippen molar-refractivity contribution in [3.63, 3.8) is 0 Å². The summed E-state index contributed by atoms with van der Waals surface area (Å²) in [6, 6.07) is 19.4. The minimum absolute atomic E-state index is 0.241. The molecule has 2 amide bonds. The van der Waals surface area contributed by atoms with Gasteiger partial charge in [-0.25, -0.2) is 5.43 Å². The van der Waals surface area contributed by atoms with E-state index in [-0.39, 0.29) is 6.54 Å². The highest BCUT2D eigenvalue weighted by Gasteiger charge is 2.11. The number of hydrogen-bond acceptors (Lipinski definition) is 6. The normalized spacial score (nSPS) is 10.6. The van der Waals surface area contributed by atoms with E-state index in [4.69, 9.17) is 25.8 Å². The van der Waals surface area contributed by atoms with Gasteiger partial charge in [0.25, 0.3) is 11.8 Å². The van der Waals surface area contributed by atoms with Crippen LogP contribution in [0.4, 0.5) is 0 Å². The maximum absolute atomic E-state index is 12.3. The van der Waals surface area contributed by atoms with E-state index < -0.39 is 11.8 Å². The molecule has 3 aromatic rings. The molecule has 0 aromatic heterocycles. The van der Waals surface area contributed by atoms with Crippen molar-refractivity contribution in [3.8, 4) is 17.2 Å². The van der Waals surface area contributed by atoms with Crippen molar-refractivity contribution < 1.29 is 23.8 Å². The highest BCUT2D eigenvalue weighted by Crippen LogP contribution is 2.27. The summed E-state index contributed by atoms with van der Waals surface area (Å²) < 4.78 is 16.1. The third-order valence-electron chi connectivity index (χ3n) is 4.63. The Balaban J connectivity index is 1.46. The molecule has 3 rings (SSSR count). The minimum atomic E-state index is -0.472. The number of hydrogen-bond donors (Lipinski definition) is 2. The maximum atomic E-state index is 12.3. The Kier molecular flexibility index (Phi) is 8.88. The van der Waals surface area contributed by atoms with Crippen LogP contribution in [0.25, 0.3) is 0 Å². The summed E-state index contributed by atoms with van der Waals surface area (Å²) in [5.41, 5.74) is 4.45. The molecular weight excluding hydrogens is 458 g/mol. The Morgan fingerprint density at radius 3 is 2.47 bits per heavy atom. The first kappa shape index (κ1) is 24.6. The van der Waals surface area contributed by atoms with E-state index in [9.17, 15) is 9.59 Å². The van der Waals surface area contributed by atoms with Crippen molar-refractivity contribution in [1.29, 1.82) is 0 Å². The first-order valence-corrected chi connectivity index (χ1v) is 10.7. The lowest BCUT2D eigenvalue weighted by molar-refractivity contribution is -0.120. The average molecular weight is 482 g/mol. The number of hydrazone groups is 1. The lowest BCUT2D eigenvalue weighted by atomic mass is 10.2. The van der Waals surface area contributed by atoms with E-state index in [2.05, 4.69) is 15.8 Å². The summed E-state index contributed by atoms with van der Waals surface area (Å²) in [6.07, 6.45) is 1.49. The van der Waals surface area contributed by atoms with Gasteiger partial charge in [-0.3, -0.25) is 9.59 Å². The molecule has 0 aliphatic heterocycles. The average Bonchev–Trinajstić information content (AvgIpc) is 2.86. The summed E-state index contributed by atoms with van der Waals surface area (Å²) in [7, 11) is 2.99. The topological polar surface area (TPSA) is 98.2 Å². The second-order valence-corrected chi connectivity index (χ2v) is 7.47. The predicted octanol–water partition coefficient (Wildman–Crippen LogP) is 3.82. The van der Waals surface area contributed by atoms with Crippen molar-refractivity contribution in [3.05, 3.63) is 88.4 Å². The number of ether oxygens (including phenoxy) is 3. The summed E-state index contributed by atoms with van der Waals surface area (Å²) in [6.45, 7) is 0.156. The molecule has 9 heteroatoms. The zero-order valence-corrected chi connectivity index (χ0v) is 19.5. The maximum Gasteiger partial charge on any atom is 0.259 e. The molecule has 0 aliphatic rings. The number of rotatable bonds is 10. The third kappa shape index (κ3) is 7.25. The van der Waals surface area contributed by atoms with E-state index in [1.165, 1.54) is 26.5 Å². The summed E-state index contributed by atoms with van der Waals surface area (Å²) >= 11 is 5.89. The lowest BCUT2D eigenvalue weighted by Crippen LogP contribution is -2.34. The summed E-state index contributed by atoms with van der Waals surface area (Å²) in [5.74, 6) is 0.687. The molecule has 0 spiro atoms. The van der Waals surface area contributed by atoms with Gasteiger partial charge in [0, 0.05) is 10.6 Å². The number of amides is 2. The van der Waals surface area contributed by atoms with Crippen molar-refractivity contribution in [2.24, 2.45) is 5.10 Å². The van der Waals surface area contributed by atoms with Crippen LogP contribution < -0.4 is 25.0 Å². The molecule has 0 saturated heterocycles. The zero-order chi connectivity index (χ0) is 24.3. The van der Waals surface area contributed by atoms with Gasteiger partial charge in [-0.15, -0.1) is 0 Å². The van der Waals surface area contributed by atoms with Crippen molar-refractivity contribution >= 4 is 29.6 Å². The molecule has 0 unspecified atom stereocenters. The Morgan fingerprint density at radius 2 is 1.74 bits per heavy atom. The molecule has 0 radical (unpaired) electrons. The second-order valence-electron chi connectivity index (χ2n) is 7.03. The molecule has 2 N–H and O–H groups in total. The van der Waals surface area contributed by atoms with Gasteiger partial charge in [0.15, 0.2) is 11.5 Å². The van der Waals surface area contributed by atoms with E-state index in [1.54, 1.807) is 18.2 Å². The van der Waals surface area contributed by atoms with Crippen LogP contribution in [0.1, 0.15) is 21.5 Å². The van der Waals surface area contributed by atoms with Crippen LogP contribution in [0.2, 0.25) is 5.02 Å². The number of benzene rings is 3. The van der Waals surface area contributed by atoms with Gasteiger partial charge in [-0.1, -0.05) is 35.9 Å². The summed E-state index contributed by atoms with van der Waals surface area (Å²) in [5, 5.41) is 7.13. The van der Waals surface area contributed by atoms with Crippen LogP contribution in [0, 0.1) is 0 Å². The first-order valence-electron chi connectivity index (χ1n) is 10.3. The van der Waals surface area contributed by atoms with Gasteiger partial charge < -0.3 is 19.5 Å². The van der Waals surface area contributed by atoms with Gasteiger partial charge in [-0.05, 0) is 53.6 Å². The fourth-order valence-electron chi connectivity index (χ4n) is 2.89. The van der Waals surface area contributed by atoms with Crippen LogP contribution in [-0.2, 0) is 11.4 Å². The van der Waals surface area contributed by atoms with Crippen LogP contribution in [0.3, 0.4) is 0 Å². The molecule has 8 nitrogen and oxygen atoms in total. The molecule has 0 atom stereocenters. The quantitative estimate of drug-likeness (QED) is 0.339. The fraction of sp³-hybridized carbons (Fsp3) is 0.160. The Morgan fingerprint density at radius 1 is 0.971 bits per heavy atom. The second kappa shape index (κ2) is 12.3. The van der Waals surface area contributed by atoms with Gasteiger partial charge in [0.2, 0.25) is 0 Å². The highest BCUT2D eigenvalue weighted by molar-refractivity contribution is 6.30. The van der Waals surface area contributed by atoms with Gasteiger partial charge in [0.05, 0.1) is 27.0 Å². The molecule has 34 heavy (non-hydrogen) atoms. The Labute approximate surface area is 202 Å². The number of nitrogens with zero attached hydrogens (tertiary/aromatic N) is 1. The van der Waals surface area contributed by atoms with Crippen LogP contribution in [0.15, 0.2) is 71.8 Å². The van der Waals surface area contributed by atoms with E-state index >= 15 is 0 Å². The predicted molar refractivity (Wildman–Crippen MR) is 130 cm³/mol. The number of halogens is 1. The Bertz CT molecular complexity index is 1170. The van der Waals surface area contributed by atoms with E-state index in [0.717, 1.165) is 11.1 Å². The Hall–Kier alpha value is -4.04. The minimum Gasteiger partial charge on any atom is -0.493 e. The lowest BCUT2D eigenvalue weighted by Gasteiger charge is -2.09. The fourth-order valence-corrected chi connectivity index (χ4v) is 3.02. The molecular formula is C25H24ClN3O5. The smallest absolute Gasteiger partial charge is 0.259 e. The van der Waals surface area contributed by atoms with Crippen LogP contribution >= 0.6 is 11.6 Å². The zero-order valence-electron chi connectivity index (χ0n) is 18.7. The van der Waals surface area contributed by atoms with Crippen molar-refractivity contribution in [1.82, 2.24) is 10.7 Å². The summed E-state index contributed by atoms with van der Waals surface area (Å²) in [4.78, 5) is 24.3. The molecule has 0 fully saturated rings. The number of methoxy groups -OCH3 is 2. The monoisotopic (exact) mass is 481 g/mol. The number of nitrogens with one attached hydrogen (secondary N) is 2.